The Balaban J connectivity index is 1.60. The molecule has 1 N–H and O–H groups in total. The van der Waals surface area contributed by atoms with Crippen LogP contribution in [0, 0.1) is 0 Å². The average molecular weight is 431 g/mol. The third-order valence-electron chi connectivity index (χ3n) is 6.55. The summed E-state index contributed by atoms with van der Waals surface area (Å²) in [5.74, 6) is 0.912. The van der Waals surface area contributed by atoms with Gasteiger partial charge in [0.15, 0.2) is 0 Å². The molecule has 0 saturated carbocycles. The van der Waals surface area contributed by atoms with Crippen LogP contribution in [0.25, 0.3) is 38.5 Å². The van der Waals surface area contributed by atoms with Crippen molar-refractivity contribution in [1.82, 2.24) is 14.5 Å². The van der Waals surface area contributed by atoms with Crippen LogP contribution in [0.4, 0.5) is 0 Å². The van der Waals surface area contributed by atoms with E-state index in [1.165, 1.54) is 0 Å². The highest BCUT2D eigenvalue weighted by atomic mass is 16.3. The second-order valence-corrected chi connectivity index (χ2v) is 8.87. The third-order valence-corrected chi connectivity index (χ3v) is 6.55. The van der Waals surface area contributed by atoms with E-state index in [1.807, 2.05) is 36.4 Å². The number of fused-ring (bicyclic) bond motifs is 4. The first-order valence-electron chi connectivity index (χ1n) is 11.5. The fourth-order valence-corrected chi connectivity index (χ4v) is 4.67. The summed E-state index contributed by atoms with van der Waals surface area (Å²) >= 11 is 0. The molecule has 33 heavy (non-hydrogen) atoms. The number of aromatic nitrogens is 3. The maximum atomic E-state index is 10.4. The highest BCUT2D eigenvalue weighted by Gasteiger charge is 2.26. The summed E-state index contributed by atoms with van der Waals surface area (Å²) in [6, 6.07) is 28.2. The van der Waals surface area contributed by atoms with Crippen molar-refractivity contribution in [2.45, 2.75) is 19.3 Å². The van der Waals surface area contributed by atoms with Gasteiger partial charge in [0, 0.05) is 27.8 Å². The van der Waals surface area contributed by atoms with Gasteiger partial charge in [0.1, 0.15) is 17.1 Å². The molecule has 0 spiro atoms. The monoisotopic (exact) mass is 430 g/mol. The number of rotatable bonds is 3. The molecule has 0 aliphatic rings. The van der Waals surface area contributed by atoms with E-state index in [2.05, 4.69) is 53.7 Å². The number of hydrogen-bond acceptors (Lipinski definition) is 3. The third kappa shape index (κ3) is 2.99. The first-order valence-corrected chi connectivity index (χ1v) is 11.0. The molecule has 0 amide bonds. The minimum atomic E-state index is -0.406. The van der Waals surface area contributed by atoms with E-state index in [0.29, 0.717) is 11.6 Å². The molecule has 0 fully saturated rings. The van der Waals surface area contributed by atoms with Crippen LogP contribution in [-0.4, -0.2) is 19.6 Å². The lowest BCUT2D eigenvalue weighted by Gasteiger charge is -2.25. The lowest BCUT2D eigenvalue weighted by molar-refractivity contribution is 0.480. The molecule has 0 unspecified atom stereocenters. The topological polar surface area (TPSA) is 50.9 Å². The summed E-state index contributed by atoms with van der Waals surface area (Å²) in [7, 11) is 0. The minimum Gasteiger partial charge on any atom is -0.506 e. The van der Waals surface area contributed by atoms with Gasteiger partial charge in [0.2, 0.25) is 0 Å². The van der Waals surface area contributed by atoms with Crippen LogP contribution < -0.4 is 0 Å². The Morgan fingerprint density at radius 1 is 0.848 bits per heavy atom. The van der Waals surface area contributed by atoms with Gasteiger partial charge in [-0.25, -0.2) is 9.97 Å². The van der Waals surface area contributed by atoms with E-state index < -0.39 is 5.41 Å². The van der Waals surface area contributed by atoms with Gasteiger partial charge in [-0.1, -0.05) is 68.4 Å². The van der Waals surface area contributed by atoms with Crippen LogP contribution in [0.15, 0.2) is 97.2 Å². The summed E-state index contributed by atoms with van der Waals surface area (Å²) in [4.78, 5) is 9.42. The highest BCUT2D eigenvalue weighted by Crippen LogP contribution is 2.37. The number of pyridine rings is 2. The van der Waals surface area contributed by atoms with Crippen molar-refractivity contribution in [1.29, 1.82) is 0 Å². The van der Waals surface area contributed by atoms with Crippen molar-refractivity contribution in [3.8, 4) is 11.6 Å². The quantitative estimate of drug-likeness (QED) is 0.337. The molecule has 3 heterocycles. The predicted octanol–water partition coefficient (Wildman–Crippen LogP) is 6.76. The number of aromatic hydroxyl groups is 1. The fourth-order valence-electron chi connectivity index (χ4n) is 4.67. The molecule has 4 nitrogen and oxygen atoms in total. The van der Waals surface area contributed by atoms with E-state index in [9.17, 15) is 5.11 Å². The van der Waals surface area contributed by atoms with Crippen molar-refractivity contribution in [2.24, 2.45) is 0 Å². The van der Waals surface area contributed by atoms with E-state index in [1.54, 1.807) is 24.4 Å². The van der Waals surface area contributed by atoms with E-state index >= 15 is 0 Å². The zero-order valence-corrected chi connectivity index (χ0v) is 18.4. The van der Waals surface area contributed by atoms with Gasteiger partial charge in [0.25, 0.3) is 0 Å². The first kappa shape index (κ1) is 18.4. The summed E-state index contributed by atoms with van der Waals surface area (Å²) in [5.41, 5.74) is 4.28. The second kappa shape index (κ2) is 7.17. The second-order valence-electron chi connectivity index (χ2n) is 8.87. The van der Waals surface area contributed by atoms with Gasteiger partial charge >= 0.3 is 0 Å². The molecule has 0 aliphatic carbocycles. The van der Waals surface area contributed by atoms with Crippen LogP contribution in [-0.2, 0) is 5.41 Å². The number of phenolic OH excluding ortho intramolecular Hbond substituents is 1. The molecule has 0 aliphatic heterocycles. The normalized spacial score (nSPS) is 12.5. The lowest BCUT2D eigenvalue weighted by atomic mass is 9.80. The number of nitrogens with zero attached hydrogens (tertiary/aromatic N) is 3. The van der Waals surface area contributed by atoms with Crippen LogP contribution in [0.2, 0.25) is 0 Å². The van der Waals surface area contributed by atoms with Crippen LogP contribution >= 0.6 is 0 Å². The molecule has 0 atom stereocenters. The number of hydrogen-bond donors (Lipinski definition) is 1. The molecular formula is C29H23N3O. The Labute approximate surface area is 193 Å². The van der Waals surface area contributed by atoms with Crippen molar-refractivity contribution < 1.29 is 6.48 Å². The van der Waals surface area contributed by atoms with E-state index in [4.69, 9.17) is 6.35 Å². The van der Waals surface area contributed by atoms with Crippen molar-refractivity contribution >= 4 is 32.7 Å². The Hall–Kier alpha value is -4.18. The summed E-state index contributed by atoms with van der Waals surface area (Å²) in [6.07, 6.45) is 1.68. The molecule has 6 rings (SSSR count). The Bertz CT molecular complexity index is 1720. The SMILES string of the molecule is [2H]c1ccnc(-n2c3ccccc3c3ccc(C(C)(C)c4ccc5cccc(O)c5n4)cc32)c1. The molecule has 0 radical (unpaired) electrons. The van der Waals surface area contributed by atoms with Crippen molar-refractivity contribution in [3.63, 3.8) is 0 Å². The zero-order chi connectivity index (χ0) is 23.4. The Morgan fingerprint density at radius 3 is 2.58 bits per heavy atom. The van der Waals surface area contributed by atoms with E-state index in [-0.39, 0.29) is 5.75 Å². The highest BCUT2D eigenvalue weighted by molar-refractivity contribution is 6.09. The summed E-state index contributed by atoms with van der Waals surface area (Å²) in [6.45, 7) is 4.30. The maximum Gasteiger partial charge on any atom is 0.141 e. The molecule has 0 saturated heterocycles. The molecule has 3 aromatic heterocycles. The van der Waals surface area contributed by atoms with E-state index in [0.717, 1.165) is 44.3 Å². The molecule has 6 aromatic rings. The van der Waals surface area contributed by atoms with Crippen molar-refractivity contribution in [2.75, 3.05) is 0 Å². The lowest BCUT2D eigenvalue weighted by Crippen LogP contribution is -2.20. The minimum absolute atomic E-state index is 0.187. The summed E-state index contributed by atoms with van der Waals surface area (Å²) < 4.78 is 10.2. The van der Waals surface area contributed by atoms with Crippen LogP contribution in [0.3, 0.4) is 0 Å². The Morgan fingerprint density at radius 2 is 1.70 bits per heavy atom. The van der Waals surface area contributed by atoms with Gasteiger partial charge in [0.05, 0.1) is 18.1 Å². The number of para-hydroxylation sites is 2. The molecule has 3 aromatic carbocycles. The Kier molecular flexibility index (Phi) is 4.00. The van der Waals surface area contributed by atoms with Crippen LogP contribution in [0.1, 0.15) is 26.5 Å². The zero-order valence-electron chi connectivity index (χ0n) is 19.4. The molecular weight excluding hydrogens is 406 g/mol. The first-order chi connectivity index (χ1) is 16.4. The predicted molar refractivity (Wildman–Crippen MR) is 134 cm³/mol. The number of phenols is 1. The largest absolute Gasteiger partial charge is 0.506 e. The van der Waals surface area contributed by atoms with Gasteiger partial charge in [-0.05, 0) is 42.0 Å². The molecule has 4 heteroatoms. The maximum absolute atomic E-state index is 10.4. The number of benzene rings is 3. The molecule has 0 bridgehead atoms. The smallest absolute Gasteiger partial charge is 0.141 e. The van der Waals surface area contributed by atoms with Gasteiger partial charge in [-0.3, -0.25) is 4.57 Å². The fraction of sp³-hybridized carbons (Fsp3) is 0.103. The van der Waals surface area contributed by atoms with Gasteiger partial charge in [-0.15, -0.1) is 0 Å². The standard InChI is InChI=1S/C29H23N3O/c1-29(2,26-16-13-19-8-7-11-25(33)28(19)31-26)20-14-15-22-21-9-3-4-10-23(21)32(24(22)18-20)27-12-5-6-17-30-27/h3-18,33H,1-2H3/i5D. The van der Waals surface area contributed by atoms with Gasteiger partial charge < -0.3 is 5.11 Å². The average Bonchev–Trinajstić information content (AvgIpc) is 3.18. The van der Waals surface area contributed by atoms with Gasteiger partial charge in [-0.2, -0.15) is 0 Å². The van der Waals surface area contributed by atoms with Crippen molar-refractivity contribution in [3.05, 3.63) is 108 Å². The molecule has 160 valence electrons. The van der Waals surface area contributed by atoms with Crippen LogP contribution in [0.5, 0.6) is 5.75 Å². The summed E-state index contributed by atoms with van der Waals surface area (Å²) in [5, 5.41) is 13.5.